The Labute approximate surface area is 171 Å². The normalized spacial score (nSPS) is 11.7. The molecule has 0 bridgehead atoms. The smallest absolute Gasteiger partial charge is 0.418 e. The molecule has 0 atom stereocenters. The lowest BCUT2D eigenvalue weighted by atomic mass is 10.0. The van der Waals surface area contributed by atoms with Crippen molar-refractivity contribution in [1.82, 2.24) is 10.3 Å². The zero-order valence-corrected chi connectivity index (χ0v) is 16.2. The second-order valence-electron chi connectivity index (χ2n) is 6.18. The number of aromatic nitrogens is 1. The fourth-order valence-corrected chi connectivity index (χ4v) is 3.78. The summed E-state index contributed by atoms with van der Waals surface area (Å²) < 4.78 is 46.2. The summed E-state index contributed by atoms with van der Waals surface area (Å²) in [7, 11) is 0. The lowest BCUT2D eigenvalue weighted by molar-refractivity contribution is -0.136. The Hall–Kier alpha value is -2.84. The van der Waals surface area contributed by atoms with E-state index in [0.29, 0.717) is 5.56 Å². The van der Waals surface area contributed by atoms with Crippen LogP contribution < -0.4 is 5.32 Å². The summed E-state index contributed by atoms with van der Waals surface area (Å²) >= 11 is 7.71. The van der Waals surface area contributed by atoms with Gasteiger partial charge in [0.1, 0.15) is 5.69 Å². The van der Waals surface area contributed by atoms with Gasteiger partial charge >= 0.3 is 6.18 Å². The Balaban J connectivity index is 1.79. The van der Waals surface area contributed by atoms with Crippen LogP contribution in [0.25, 0.3) is 22.0 Å². The van der Waals surface area contributed by atoms with Gasteiger partial charge in [-0.1, -0.05) is 17.7 Å². The monoisotopic (exact) mass is 436 g/mol. The van der Waals surface area contributed by atoms with Crippen LogP contribution in [0.15, 0.2) is 58.7 Å². The Morgan fingerprint density at radius 3 is 2.69 bits per heavy atom. The minimum atomic E-state index is -4.68. The maximum atomic E-state index is 13.7. The first-order chi connectivity index (χ1) is 13.8. The summed E-state index contributed by atoms with van der Waals surface area (Å²) in [5.74, 6) is -0.603. The van der Waals surface area contributed by atoms with Gasteiger partial charge in [0.2, 0.25) is 0 Å². The molecule has 29 heavy (non-hydrogen) atoms. The third-order valence-electron chi connectivity index (χ3n) is 4.26. The van der Waals surface area contributed by atoms with E-state index in [4.69, 9.17) is 16.0 Å². The summed E-state index contributed by atoms with van der Waals surface area (Å²) in [5, 5.41) is 4.61. The molecule has 0 aliphatic heterocycles. The number of benzene rings is 1. The van der Waals surface area contributed by atoms with Crippen molar-refractivity contribution in [2.75, 3.05) is 0 Å². The molecular weight excluding hydrogens is 425 g/mol. The van der Waals surface area contributed by atoms with Crippen LogP contribution in [0.5, 0.6) is 0 Å². The molecule has 0 unspecified atom stereocenters. The van der Waals surface area contributed by atoms with Crippen molar-refractivity contribution in [3.05, 3.63) is 75.5 Å². The third kappa shape index (κ3) is 3.99. The maximum absolute atomic E-state index is 13.7. The molecule has 0 saturated carbocycles. The van der Waals surface area contributed by atoms with Gasteiger partial charge in [0.05, 0.1) is 35.2 Å². The molecule has 0 spiro atoms. The van der Waals surface area contributed by atoms with Crippen LogP contribution in [0.4, 0.5) is 13.2 Å². The van der Waals surface area contributed by atoms with E-state index in [1.54, 1.807) is 6.07 Å². The molecule has 1 N–H and O–H groups in total. The molecule has 148 valence electrons. The predicted molar refractivity (Wildman–Crippen MR) is 105 cm³/mol. The minimum absolute atomic E-state index is 0.00659. The highest BCUT2D eigenvalue weighted by Crippen LogP contribution is 2.39. The summed E-state index contributed by atoms with van der Waals surface area (Å²) in [6.45, 7) is 0.249. The first kappa shape index (κ1) is 19.5. The summed E-state index contributed by atoms with van der Waals surface area (Å²) in [5.41, 5.74) is -0.761. The van der Waals surface area contributed by atoms with Crippen molar-refractivity contribution in [1.29, 1.82) is 0 Å². The number of nitrogens with zero attached hydrogens (tertiary/aromatic N) is 1. The van der Waals surface area contributed by atoms with Crippen LogP contribution in [0.3, 0.4) is 0 Å². The van der Waals surface area contributed by atoms with Gasteiger partial charge in [0, 0.05) is 15.8 Å². The molecule has 0 aliphatic carbocycles. The molecule has 4 nitrogen and oxygen atoms in total. The number of hydrogen-bond donors (Lipinski definition) is 1. The van der Waals surface area contributed by atoms with Crippen molar-refractivity contribution in [2.24, 2.45) is 0 Å². The molecule has 0 fully saturated rings. The molecule has 0 aliphatic rings. The quantitative estimate of drug-likeness (QED) is 0.417. The number of halogens is 4. The molecule has 0 radical (unpaired) electrons. The van der Waals surface area contributed by atoms with Crippen molar-refractivity contribution in [2.45, 2.75) is 12.7 Å². The summed E-state index contributed by atoms with van der Waals surface area (Å²) in [6.07, 6.45) is -1.97. The lowest BCUT2D eigenvalue weighted by Gasteiger charge is -2.14. The van der Waals surface area contributed by atoms with E-state index in [-0.39, 0.29) is 33.7 Å². The minimum Gasteiger partial charge on any atom is -0.472 e. The topological polar surface area (TPSA) is 55.1 Å². The van der Waals surface area contributed by atoms with E-state index in [0.717, 1.165) is 10.9 Å². The van der Waals surface area contributed by atoms with Crippen molar-refractivity contribution < 1.29 is 22.4 Å². The van der Waals surface area contributed by atoms with Crippen LogP contribution in [-0.2, 0) is 12.7 Å². The Morgan fingerprint density at radius 1 is 1.21 bits per heavy atom. The summed E-state index contributed by atoms with van der Waals surface area (Å²) in [4.78, 5) is 17.3. The van der Waals surface area contributed by atoms with Gasteiger partial charge in [0.25, 0.3) is 5.91 Å². The van der Waals surface area contributed by atoms with Crippen molar-refractivity contribution in [3.63, 3.8) is 0 Å². The van der Waals surface area contributed by atoms with Crippen LogP contribution in [-0.4, -0.2) is 10.9 Å². The Bertz CT molecular complexity index is 1170. The SMILES string of the molecule is O=C(NCc1cccs1)c1cc(Cl)c2cc(-c3ccoc3)cc(C(F)(F)F)c2n1. The largest absolute Gasteiger partial charge is 0.472 e. The van der Waals surface area contributed by atoms with Gasteiger partial charge < -0.3 is 9.73 Å². The first-order valence-electron chi connectivity index (χ1n) is 8.37. The fraction of sp³-hybridized carbons (Fsp3) is 0.100. The zero-order valence-electron chi connectivity index (χ0n) is 14.6. The number of carbonyl (C=O) groups excluding carboxylic acids is 1. The molecule has 3 heterocycles. The molecular formula is C20H12ClF3N2O2S. The highest BCUT2D eigenvalue weighted by atomic mass is 35.5. The van der Waals surface area contributed by atoms with E-state index in [1.165, 1.54) is 36.0 Å². The van der Waals surface area contributed by atoms with E-state index >= 15 is 0 Å². The van der Waals surface area contributed by atoms with Crippen LogP contribution in [0.2, 0.25) is 5.02 Å². The number of hydrogen-bond acceptors (Lipinski definition) is 4. The van der Waals surface area contributed by atoms with Gasteiger partial charge in [0.15, 0.2) is 0 Å². The van der Waals surface area contributed by atoms with Crippen LogP contribution in [0, 0.1) is 0 Å². The number of nitrogens with one attached hydrogen (secondary N) is 1. The highest BCUT2D eigenvalue weighted by Gasteiger charge is 2.35. The predicted octanol–water partition coefficient (Wildman–Crippen LogP) is 6.16. The average Bonchev–Trinajstić information content (AvgIpc) is 3.38. The first-order valence-corrected chi connectivity index (χ1v) is 9.63. The number of fused-ring (bicyclic) bond motifs is 1. The number of amides is 1. The van der Waals surface area contributed by atoms with Gasteiger partial charge in [-0.05, 0) is 41.3 Å². The standard InChI is InChI=1S/C20H12ClF3N2O2S/c21-16-8-17(19(27)25-9-13-2-1-5-29-13)26-18-14(16)6-12(11-3-4-28-10-11)7-15(18)20(22,23)24/h1-8,10H,9H2,(H,25,27). The average molecular weight is 437 g/mol. The molecule has 1 aromatic carbocycles. The third-order valence-corrected chi connectivity index (χ3v) is 5.45. The second kappa shape index (κ2) is 7.53. The van der Waals surface area contributed by atoms with E-state index in [2.05, 4.69) is 10.3 Å². The number of alkyl halides is 3. The maximum Gasteiger partial charge on any atom is 0.418 e. The van der Waals surface area contributed by atoms with Crippen LogP contribution >= 0.6 is 22.9 Å². The lowest BCUT2D eigenvalue weighted by Crippen LogP contribution is -2.23. The van der Waals surface area contributed by atoms with Gasteiger partial charge in [-0.3, -0.25) is 4.79 Å². The molecule has 9 heteroatoms. The number of furan rings is 1. The van der Waals surface area contributed by atoms with E-state index in [1.807, 2.05) is 17.5 Å². The molecule has 0 saturated heterocycles. The molecule has 4 aromatic rings. The number of carbonyl (C=O) groups is 1. The van der Waals surface area contributed by atoms with Gasteiger partial charge in [-0.15, -0.1) is 11.3 Å². The fourth-order valence-electron chi connectivity index (χ4n) is 2.89. The van der Waals surface area contributed by atoms with Crippen LogP contribution in [0.1, 0.15) is 20.9 Å². The molecule has 1 amide bonds. The number of pyridine rings is 1. The van der Waals surface area contributed by atoms with Gasteiger partial charge in [-0.25, -0.2) is 4.98 Å². The number of thiophene rings is 1. The Kier molecular flexibility index (Phi) is 5.06. The summed E-state index contributed by atoms with van der Waals surface area (Å²) in [6, 6.07) is 8.97. The van der Waals surface area contributed by atoms with E-state index < -0.39 is 17.6 Å². The van der Waals surface area contributed by atoms with Crippen molar-refractivity contribution >= 4 is 39.7 Å². The van der Waals surface area contributed by atoms with Gasteiger partial charge in [-0.2, -0.15) is 13.2 Å². The number of rotatable bonds is 4. The zero-order chi connectivity index (χ0) is 20.6. The van der Waals surface area contributed by atoms with Crippen molar-refractivity contribution in [3.8, 4) is 11.1 Å². The highest BCUT2D eigenvalue weighted by molar-refractivity contribution is 7.09. The molecule has 3 aromatic heterocycles. The Morgan fingerprint density at radius 2 is 2.03 bits per heavy atom. The molecule has 4 rings (SSSR count). The second-order valence-corrected chi connectivity index (χ2v) is 7.62. The van der Waals surface area contributed by atoms with E-state index in [9.17, 15) is 18.0 Å².